The van der Waals surface area contributed by atoms with Gasteiger partial charge in [-0.3, -0.25) is 14.9 Å². The Hall–Kier alpha value is -2.45. The number of carbonyl (C=O) groups excluding carboxylic acids is 1. The molecule has 0 aliphatic carbocycles. The summed E-state index contributed by atoms with van der Waals surface area (Å²) in [5, 5.41) is 12.9. The van der Waals surface area contributed by atoms with E-state index in [0.29, 0.717) is 0 Å². The topological polar surface area (TPSA) is 106 Å². The van der Waals surface area contributed by atoms with E-state index in [-0.39, 0.29) is 21.3 Å². The highest BCUT2D eigenvalue weighted by molar-refractivity contribution is 7.92. The average Bonchev–Trinajstić information content (AvgIpc) is 2.49. The monoisotopic (exact) mass is 354 g/mol. The summed E-state index contributed by atoms with van der Waals surface area (Å²) in [6, 6.07) is 11.0. The van der Waals surface area contributed by atoms with Crippen LogP contribution in [0.3, 0.4) is 0 Å². The molecule has 0 aromatic heterocycles. The molecule has 0 spiro atoms. The minimum atomic E-state index is -3.78. The number of sulfone groups is 1. The molecule has 7 nitrogen and oxygen atoms in total. The number of hydrogen-bond acceptors (Lipinski definition) is 5. The third kappa shape index (κ3) is 4.27. The molecule has 120 valence electrons. The number of nitro benzene ring substituents is 1. The number of nitrogens with zero attached hydrogens (tertiary/aromatic N) is 1. The molecule has 0 aliphatic rings. The summed E-state index contributed by atoms with van der Waals surface area (Å²) in [4.78, 5) is 21.9. The first-order chi connectivity index (χ1) is 10.8. The van der Waals surface area contributed by atoms with Gasteiger partial charge in [-0.15, -0.1) is 0 Å². The van der Waals surface area contributed by atoms with Crippen molar-refractivity contribution in [2.24, 2.45) is 0 Å². The fourth-order valence-corrected chi connectivity index (χ4v) is 3.17. The number of nitro groups is 1. The highest BCUT2D eigenvalue weighted by atomic mass is 35.5. The van der Waals surface area contributed by atoms with Crippen LogP contribution in [0.15, 0.2) is 53.4 Å². The van der Waals surface area contributed by atoms with Crippen LogP contribution in [-0.2, 0) is 14.6 Å². The van der Waals surface area contributed by atoms with Crippen LogP contribution in [0.5, 0.6) is 0 Å². The van der Waals surface area contributed by atoms with Crippen molar-refractivity contribution in [3.63, 3.8) is 0 Å². The number of amides is 1. The molecule has 0 saturated heterocycles. The normalized spacial score (nSPS) is 11.0. The Bertz CT molecular complexity index is 853. The minimum absolute atomic E-state index is 0.0324. The molecule has 2 aromatic rings. The predicted octanol–water partition coefficient (Wildman–Crippen LogP) is 2.66. The molecule has 9 heteroatoms. The molecule has 1 amide bonds. The van der Waals surface area contributed by atoms with Crippen molar-refractivity contribution in [1.82, 2.24) is 0 Å². The second-order valence-electron chi connectivity index (χ2n) is 4.54. The van der Waals surface area contributed by atoms with Crippen molar-refractivity contribution >= 4 is 38.7 Å². The first kappa shape index (κ1) is 16.9. The largest absolute Gasteiger partial charge is 0.324 e. The van der Waals surface area contributed by atoms with E-state index in [2.05, 4.69) is 5.32 Å². The van der Waals surface area contributed by atoms with E-state index in [1.807, 2.05) is 0 Å². The van der Waals surface area contributed by atoms with Gasteiger partial charge >= 0.3 is 0 Å². The van der Waals surface area contributed by atoms with Crippen LogP contribution in [0.2, 0.25) is 5.02 Å². The van der Waals surface area contributed by atoms with Crippen LogP contribution in [0, 0.1) is 10.1 Å². The maximum atomic E-state index is 12.1. The van der Waals surface area contributed by atoms with Crippen molar-refractivity contribution in [2.75, 3.05) is 11.1 Å². The molecular formula is C14H11ClN2O5S. The molecule has 0 heterocycles. The van der Waals surface area contributed by atoms with Gasteiger partial charge in [0.25, 0.3) is 5.69 Å². The SMILES string of the molecule is O=C(CS(=O)(=O)c1ccccc1)Nc1ccc([N+](=O)[O-])cc1Cl. The Morgan fingerprint density at radius 2 is 1.83 bits per heavy atom. The van der Waals surface area contributed by atoms with Gasteiger partial charge in [0.05, 0.1) is 20.5 Å². The molecule has 0 fully saturated rings. The quantitative estimate of drug-likeness (QED) is 0.656. The molecule has 0 bridgehead atoms. The maximum absolute atomic E-state index is 12.1. The molecular weight excluding hydrogens is 344 g/mol. The summed E-state index contributed by atoms with van der Waals surface area (Å²) in [6.07, 6.45) is 0. The van der Waals surface area contributed by atoms with Crippen molar-refractivity contribution in [3.05, 3.63) is 63.7 Å². The van der Waals surface area contributed by atoms with E-state index >= 15 is 0 Å². The van der Waals surface area contributed by atoms with Crippen LogP contribution < -0.4 is 5.32 Å². The van der Waals surface area contributed by atoms with Crippen molar-refractivity contribution in [2.45, 2.75) is 4.90 Å². The molecule has 2 aromatic carbocycles. The lowest BCUT2D eigenvalue weighted by molar-refractivity contribution is -0.384. The van der Waals surface area contributed by atoms with E-state index in [4.69, 9.17) is 11.6 Å². The van der Waals surface area contributed by atoms with Gasteiger partial charge < -0.3 is 5.32 Å². The average molecular weight is 355 g/mol. The third-order valence-corrected chi connectivity index (χ3v) is 4.81. The van der Waals surface area contributed by atoms with E-state index in [9.17, 15) is 23.3 Å². The van der Waals surface area contributed by atoms with Gasteiger partial charge in [0.1, 0.15) is 5.75 Å². The van der Waals surface area contributed by atoms with Gasteiger partial charge in [-0.1, -0.05) is 29.8 Å². The van der Waals surface area contributed by atoms with Crippen molar-refractivity contribution in [1.29, 1.82) is 0 Å². The maximum Gasteiger partial charge on any atom is 0.271 e. The lowest BCUT2D eigenvalue weighted by atomic mass is 10.3. The zero-order valence-electron chi connectivity index (χ0n) is 11.6. The van der Waals surface area contributed by atoms with Gasteiger partial charge in [-0.25, -0.2) is 8.42 Å². The standard InChI is InChI=1S/C14H11ClN2O5S/c15-12-8-10(17(19)20)6-7-13(12)16-14(18)9-23(21,22)11-4-2-1-3-5-11/h1-8H,9H2,(H,16,18). The highest BCUT2D eigenvalue weighted by Crippen LogP contribution is 2.26. The lowest BCUT2D eigenvalue weighted by Crippen LogP contribution is -2.23. The molecule has 2 rings (SSSR count). The summed E-state index contributed by atoms with van der Waals surface area (Å²) in [5.74, 6) is -1.55. The smallest absolute Gasteiger partial charge is 0.271 e. The number of benzene rings is 2. The Balaban J connectivity index is 2.13. The van der Waals surface area contributed by atoms with Crippen LogP contribution in [0.25, 0.3) is 0 Å². The first-order valence-electron chi connectivity index (χ1n) is 6.31. The van der Waals surface area contributed by atoms with Crippen LogP contribution in [0.4, 0.5) is 11.4 Å². The number of anilines is 1. The highest BCUT2D eigenvalue weighted by Gasteiger charge is 2.20. The van der Waals surface area contributed by atoms with Gasteiger partial charge in [-0.05, 0) is 18.2 Å². The Kier molecular flexibility index (Phi) is 4.97. The van der Waals surface area contributed by atoms with E-state index < -0.39 is 26.4 Å². The Morgan fingerprint density at radius 3 is 2.39 bits per heavy atom. The van der Waals surface area contributed by atoms with E-state index in [1.165, 1.54) is 18.2 Å². The fourth-order valence-electron chi connectivity index (χ4n) is 1.79. The van der Waals surface area contributed by atoms with Crippen LogP contribution in [0.1, 0.15) is 0 Å². The van der Waals surface area contributed by atoms with Gasteiger partial charge in [0.2, 0.25) is 5.91 Å². The molecule has 23 heavy (non-hydrogen) atoms. The number of hydrogen-bond donors (Lipinski definition) is 1. The van der Waals surface area contributed by atoms with E-state index in [0.717, 1.165) is 12.1 Å². The Labute approximate surface area is 137 Å². The molecule has 0 unspecified atom stereocenters. The van der Waals surface area contributed by atoms with Gasteiger partial charge in [0.15, 0.2) is 9.84 Å². The molecule has 0 aliphatic heterocycles. The number of non-ortho nitro benzene ring substituents is 1. The van der Waals surface area contributed by atoms with Gasteiger partial charge in [-0.2, -0.15) is 0 Å². The molecule has 0 radical (unpaired) electrons. The lowest BCUT2D eigenvalue weighted by Gasteiger charge is -2.08. The summed E-state index contributed by atoms with van der Waals surface area (Å²) >= 11 is 5.84. The van der Waals surface area contributed by atoms with Crippen LogP contribution in [-0.4, -0.2) is 25.0 Å². The molecule has 0 saturated carbocycles. The van der Waals surface area contributed by atoms with Crippen molar-refractivity contribution < 1.29 is 18.1 Å². The number of rotatable bonds is 5. The summed E-state index contributed by atoms with van der Waals surface area (Å²) in [5.41, 5.74) is -0.129. The summed E-state index contributed by atoms with van der Waals surface area (Å²) < 4.78 is 24.2. The van der Waals surface area contributed by atoms with Crippen LogP contribution >= 0.6 is 11.6 Å². The number of halogens is 1. The molecule has 1 N–H and O–H groups in total. The minimum Gasteiger partial charge on any atom is -0.324 e. The number of nitrogens with one attached hydrogen (secondary N) is 1. The van der Waals surface area contributed by atoms with Gasteiger partial charge in [0, 0.05) is 12.1 Å². The summed E-state index contributed by atoms with van der Waals surface area (Å²) in [6.45, 7) is 0. The predicted molar refractivity (Wildman–Crippen MR) is 85.2 cm³/mol. The summed E-state index contributed by atoms with van der Waals surface area (Å²) in [7, 11) is -3.78. The fraction of sp³-hybridized carbons (Fsp3) is 0.0714. The second kappa shape index (κ2) is 6.76. The van der Waals surface area contributed by atoms with Crippen molar-refractivity contribution in [3.8, 4) is 0 Å². The third-order valence-electron chi connectivity index (χ3n) is 2.86. The zero-order chi connectivity index (χ0) is 17.0. The number of carbonyl (C=O) groups is 1. The first-order valence-corrected chi connectivity index (χ1v) is 8.34. The second-order valence-corrected chi connectivity index (χ2v) is 6.94. The zero-order valence-corrected chi connectivity index (χ0v) is 13.2. The molecule has 0 atom stereocenters. The van der Waals surface area contributed by atoms with E-state index in [1.54, 1.807) is 18.2 Å². The Morgan fingerprint density at radius 1 is 1.17 bits per heavy atom.